The standard InChI is InChI=1S/C54H70N8O13/c1-34-47(72-31-37-13-5-2-6-14-37)49(74-33-39-17-9-4-10-18-39)48(73-32-38-15-7-3-8-16-38)44(75-34)21-11-19-35-22-24-36(25-23-35)27-40(55)50(67)61-41(20-12-26-58-54(56)57)51(68)59-29-45(64)60-42(28-46(65)66)52(69)62-43(30-63)53(70)71/h2-10,13-18,22-25,34,40-44,47-49,63H,11-12,19-21,26-33,55H2,1H3,(H,59,68)(H,60,64)(H,61,67)(H,62,69)(H,65,66)(H,70,71)(H4,56,57,58)/t34?,40?,41?,42-,43?,44-,47-,48?,49-/m0/s1. The Labute approximate surface area is 435 Å². The number of carboxylic acid groups (broad SMARTS) is 2. The minimum absolute atomic E-state index is 0.0217. The molecule has 5 unspecified atom stereocenters. The number of nitrogens with one attached hydrogen (secondary N) is 4. The average molecular weight is 1040 g/mol. The SMILES string of the molecule is CC1O[C@@H](CCCc2ccc(CC(N)C(=O)NC(CCCN=C(N)N)C(=O)NCC(=O)N[C@@H](CC(=O)O)C(=O)NC(CO)C(=O)O)cc2)C(OCc2ccccc2)[C@@H](OCc2ccccc2)[C@H]1OCc1ccccc1. The van der Waals surface area contributed by atoms with Crippen LogP contribution in [0, 0.1) is 0 Å². The minimum atomic E-state index is -1.76. The van der Waals surface area contributed by atoms with Gasteiger partial charge in [0.05, 0.1) is 57.6 Å². The molecule has 4 aromatic rings. The van der Waals surface area contributed by atoms with Crippen molar-refractivity contribution >= 4 is 41.5 Å². The van der Waals surface area contributed by atoms with Crippen LogP contribution in [-0.4, -0.2) is 131 Å². The fourth-order valence-corrected chi connectivity index (χ4v) is 8.38. The molecule has 1 saturated heterocycles. The first-order chi connectivity index (χ1) is 36.1. The van der Waals surface area contributed by atoms with Crippen LogP contribution in [-0.2, 0) is 80.4 Å². The molecule has 404 valence electrons. The molecule has 4 aromatic carbocycles. The van der Waals surface area contributed by atoms with Crippen molar-refractivity contribution in [1.29, 1.82) is 0 Å². The van der Waals surface area contributed by atoms with Crippen molar-refractivity contribution in [1.82, 2.24) is 21.3 Å². The van der Waals surface area contributed by atoms with Crippen LogP contribution < -0.4 is 38.5 Å². The molecule has 1 aliphatic heterocycles. The number of hydrogen-bond acceptors (Lipinski definition) is 13. The fraction of sp³-hybridized carbons (Fsp3) is 0.426. The lowest BCUT2D eigenvalue weighted by Crippen LogP contribution is -2.59. The van der Waals surface area contributed by atoms with Gasteiger partial charge in [0.25, 0.3) is 0 Å². The van der Waals surface area contributed by atoms with Crippen molar-refractivity contribution in [2.24, 2.45) is 22.2 Å². The highest BCUT2D eigenvalue weighted by Crippen LogP contribution is 2.32. The number of benzene rings is 4. The second-order valence-electron chi connectivity index (χ2n) is 18.2. The van der Waals surface area contributed by atoms with Crippen molar-refractivity contribution in [3.63, 3.8) is 0 Å². The van der Waals surface area contributed by atoms with Gasteiger partial charge in [-0.3, -0.25) is 29.0 Å². The molecule has 21 nitrogen and oxygen atoms in total. The van der Waals surface area contributed by atoms with Crippen LogP contribution in [0.4, 0.5) is 0 Å². The number of rotatable bonds is 31. The maximum atomic E-state index is 13.5. The lowest BCUT2D eigenvalue weighted by atomic mass is 9.91. The topological polar surface area (TPSA) is 339 Å². The Balaban J connectivity index is 1.19. The van der Waals surface area contributed by atoms with Crippen molar-refractivity contribution in [3.8, 4) is 0 Å². The van der Waals surface area contributed by atoms with Gasteiger partial charge in [0.2, 0.25) is 23.6 Å². The van der Waals surface area contributed by atoms with Crippen LogP contribution in [0.3, 0.4) is 0 Å². The van der Waals surface area contributed by atoms with Crippen LogP contribution in [0.15, 0.2) is 120 Å². The summed E-state index contributed by atoms with van der Waals surface area (Å²) in [6.45, 7) is 1.49. The van der Waals surface area contributed by atoms with E-state index in [0.29, 0.717) is 32.7 Å². The molecule has 0 saturated carbocycles. The summed E-state index contributed by atoms with van der Waals surface area (Å²) in [5, 5.41) is 36.7. The van der Waals surface area contributed by atoms with Gasteiger partial charge in [0, 0.05) is 6.54 Å². The number of carbonyl (C=O) groups excluding carboxylic acids is 4. The van der Waals surface area contributed by atoms with E-state index in [2.05, 4.69) is 20.9 Å². The maximum Gasteiger partial charge on any atom is 0.328 e. The van der Waals surface area contributed by atoms with Crippen molar-refractivity contribution in [2.75, 3.05) is 19.7 Å². The molecule has 21 heteroatoms. The van der Waals surface area contributed by atoms with E-state index in [0.717, 1.165) is 34.2 Å². The quantitative estimate of drug-likeness (QED) is 0.0194. The summed E-state index contributed by atoms with van der Waals surface area (Å²) >= 11 is 0. The maximum absolute atomic E-state index is 13.5. The number of carboxylic acids is 2. The molecule has 0 aliphatic carbocycles. The van der Waals surface area contributed by atoms with E-state index >= 15 is 0 Å². The lowest BCUT2D eigenvalue weighted by Gasteiger charge is -2.45. The van der Waals surface area contributed by atoms with Gasteiger partial charge < -0.3 is 72.7 Å². The van der Waals surface area contributed by atoms with E-state index in [4.69, 9.17) is 41.3 Å². The number of amides is 4. The first kappa shape index (κ1) is 58.6. The number of carbonyl (C=O) groups is 6. The first-order valence-corrected chi connectivity index (χ1v) is 24.8. The number of nitrogens with two attached hydrogens (primary N) is 3. The summed E-state index contributed by atoms with van der Waals surface area (Å²) in [5.41, 5.74) is 22.1. The van der Waals surface area contributed by atoms with Crippen molar-refractivity contribution < 1.29 is 63.0 Å². The molecule has 0 bridgehead atoms. The molecule has 75 heavy (non-hydrogen) atoms. The molecule has 1 fully saturated rings. The number of hydrogen-bond donors (Lipinski definition) is 10. The van der Waals surface area contributed by atoms with E-state index in [9.17, 15) is 39.0 Å². The zero-order valence-electron chi connectivity index (χ0n) is 42.0. The third-order valence-electron chi connectivity index (χ3n) is 12.3. The molecule has 4 amide bonds. The minimum Gasteiger partial charge on any atom is -0.481 e. The number of aliphatic hydroxyl groups excluding tert-OH is 1. The number of aliphatic hydroxyl groups is 1. The number of guanidine groups is 1. The van der Waals surface area contributed by atoms with Gasteiger partial charge in [0.15, 0.2) is 5.96 Å². The second kappa shape index (κ2) is 30.8. The molecule has 0 radical (unpaired) electrons. The summed E-state index contributed by atoms with van der Waals surface area (Å²) in [5.74, 6) is -6.93. The third kappa shape index (κ3) is 20.2. The Morgan fingerprint density at radius 3 is 1.71 bits per heavy atom. The Morgan fingerprint density at radius 1 is 0.640 bits per heavy atom. The van der Waals surface area contributed by atoms with E-state index < -0.39 is 97.6 Å². The van der Waals surface area contributed by atoms with Gasteiger partial charge in [-0.25, -0.2) is 4.79 Å². The second-order valence-corrected chi connectivity index (χ2v) is 18.2. The van der Waals surface area contributed by atoms with Gasteiger partial charge in [0.1, 0.15) is 36.4 Å². The van der Waals surface area contributed by atoms with E-state index in [1.807, 2.05) is 128 Å². The zero-order chi connectivity index (χ0) is 54.1. The van der Waals surface area contributed by atoms with Crippen LogP contribution >= 0.6 is 0 Å². The Morgan fingerprint density at radius 2 is 1.17 bits per heavy atom. The molecule has 1 aliphatic rings. The molecule has 9 atom stereocenters. The predicted molar refractivity (Wildman–Crippen MR) is 276 cm³/mol. The fourth-order valence-electron chi connectivity index (χ4n) is 8.38. The zero-order valence-corrected chi connectivity index (χ0v) is 42.0. The number of ether oxygens (including phenoxy) is 4. The largest absolute Gasteiger partial charge is 0.481 e. The Bertz CT molecular complexity index is 2450. The molecule has 0 aromatic heterocycles. The molecular weight excluding hydrogens is 969 g/mol. The average Bonchev–Trinajstić information content (AvgIpc) is 3.39. The van der Waals surface area contributed by atoms with Gasteiger partial charge in [-0.1, -0.05) is 115 Å². The van der Waals surface area contributed by atoms with Gasteiger partial charge >= 0.3 is 11.9 Å². The molecule has 1 heterocycles. The van der Waals surface area contributed by atoms with Crippen LogP contribution in [0.2, 0.25) is 0 Å². The van der Waals surface area contributed by atoms with Gasteiger partial charge in [-0.15, -0.1) is 0 Å². The molecule has 0 spiro atoms. The van der Waals surface area contributed by atoms with Gasteiger partial charge in [-0.05, 0) is 73.3 Å². The number of nitrogens with zero attached hydrogens (tertiary/aromatic N) is 1. The highest BCUT2D eigenvalue weighted by molar-refractivity contribution is 5.95. The van der Waals surface area contributed by atoms with E-state index in [1.54, 1.807) is 0 Å². The summed E-state index contributed by atoms with van der Waals surface area (Å²) in [6, 6.07) is 31.9. The summed E-state index contributed by atoms with van der Waals surface area (Å²) < 4.78 is 26.9. The molecule has 5 rings (SSSR count). The van der Waals surface area contributed by atoms with Crippen LogP contribution in [0.1, 0.15) is 66.8 Å². The van der Waals surface area contributed by atoms with Crippen molar-refractivity contribution in [3.05, 3.63) is 143 Å². The summed E-state index contributed by atoms with van der Waals surface area (Å²) in [4.78, 5) is 78.7. The normalized spacial score (nSPS) is 18.8. The third-order valence-corrected chi connectivity index (χ3v) is 12.3. The molecule has 13 N–H and O–H groups in total. The molecular formula is C54H70N8O13. The number of aliphatic imine (C=N–C) groups is 1. The summed E-state index contributed by atoms with van der Waals surface area (Å²) in [6.07, 6.45) is -0.362. The smallest absolute Gasteiger partial charge is 0.328 e. The van der Waals surface area contributed by atoms with Crippen LogP contribution in [0.25, 0.3) is 0 Å². The summed E-state index contributed by atoms with van der Waals surface area (Å²) in [7, 11) is 0. The highest BCUT2D eigenvalue weighted by Gasteiger charge is 2.46. The Hall–Kier alpha value is -7.27. The van der Waals surface area contributed by atoms with E-state index in [1.165, 1.54) is 0 Å². The van der Waals surface area contributed by atoms with E-state index in [-0.39, 0.29) is 44.0 Å². The van der Waals surface area contributed by atoms with Crippen molar-refractivity contribution in [2.45, 2.75) is 126 Å². The lowest BCUT2D eigenvalue weighted by molar-refractivity contribution is -0.262. The van der Waals surface area contributed by atoms with Gasteiger partial charge in [-0.2, -0.15) is 0 Å². The predicted octanol–water partition coefficient (Wildman–Crippen LogP) is 1.60. The Kier molecular flexibility index (Phi) is 24.1. The first-order valence-electron chi connectivity index (χ1n) is 24.8. The monoisotopic (exact) mass is 1040 g/mol. The highest BCUT2D eigenvalue weighted by atomic mass is 16.6. The van der Waals surface area contributed by atoms with Crippen LogP contribution in [0.5, 0.6) is 0 Å². The number of aryl methyl sites for hydroxylation is 1. The number of aliphatic carboxylic acids is 2.